The van der Waals surface area contributed by atoms with Crippen molar-refractivity contribution in [2.24, 2.45) is 0 Å². The summed E-state index contributed by atoms with van der Waals surface area (Å²) in [5.41, 5.74) is 3.56. The number of H-pyrrole nitrogens is 1. The van der Waals surface area contributed by atoms with E-state index < -0.39 is 0 Å². The second-order valence-corrected chi connectivity index (χ2v) is 4.28. The molecule has 1 N–H and O–H groups in total. The average Bonchev–Trinajstić information content (AvgIpc) is 2.58. The van der Waals surface area contributed by atoms with E-state index in [1.165, 1.54) is 11.1 Å². The minimum absolute atomic E-state index is 0.764. The van der Waals surface area contributed by atoms with Crippen molar-refractivity contribution in [3.05, 3.63) is 28.5 Å². The SMILES string of the molecule is COCCCn1c(=S)[nH]c2c(C)cccc21. The molecule has 0 unspecified atom stereocenters. The van der Waals surface area contributed by atoms with Crippen LogP contribution in [0.4, 0.5) is 0 Å². The largest absolute Gasteiger partial charge is 0.385 e. The fourth-order valence-electron chi connectivity index (χ4n) is 1.91. The highest BCUT2D eigenvalue weighted by Gasteiger charge is 2.05. The number of ether oxygens (including phenoxy) is 1. The summed E-state index contributed by atoms with van der Waals surface area (Å²) in [6, 6.07) is 6.25. The number of aromatic amines is 1. The highest BCUT2D eigenvalue weighted by molar-refractivity contribution is 7.71. The van der Waals surface area contributed by atoms with Crippen LogP contribution in [0, 0.1) is 11.7 Å². The van der Waals surface area contributed by atoms with E-state index in [1.807, 2.05) is 0 Å². The van der Waals surface area contributed by atoms with E-state index in [0.717, 1.165) is 29.9 Å². The highest BCUT2D eigenvalue weighted by atomic mass is 32.1. The van der Waals surface area contributed by atoms with Crippen LogP contribution in [0.2, 0.25) is 0 Å². The first-order valence-electron chi connectivity index (χ1n) is 5.41. The topological polar surface area (TPSA) is 29.9 Å². The number of nitrogens with zero attached hydrogens (tertiary/aromatic N) is 1. The molecule has 0 amide bonds. The Hall–Kier alpha value is -1.13. The number of para-hydroxylation sites is 1. The molecule has 0 saturated carbocycles. The number of benzene rings is 1. The van der Waals surface area contributed by atoms with Gasteiger partial charge in [-0.3, -0.25) is 0 Å². The van der Waals surface area contributed by atoms with Crippen LogP contribution < -0.4 is 0 Å². The zero-order valence-corrected chi connectivity index (χ0v) is 10.4. The lowest BCUT2D eigenvalue weighted by Gasteiger charge is -2.04. The van der Waals surface area contributed by atoms with Crippen LogP contribution in [0.25, 0.3) is 11.0 Å². The number of fused-ring (bicyclic) bond motifs is 1. The lowest BCUT2D eigenvalue weighted by atomic mass is 10.2. The molecular weight excluding hydrogens is 220 g/mol. The van der Waals surface area contributed by atoms with Crippen molar-refractivity contribution < 1.29 is 4.74 Å². The van der Waals surface area contributed by atoms with E-state index in [9.17, 15) is 0 Å². The predicted octanol–water partition coefficient (Wildman–Crippen LogP) is 3.04. The molecule has 86 valence electrons. The van der Waals surface area contributed by atoms with Gasteiger partial charge in [-0.1, -0.05) is 12.1 Å². The van der Waals surface area contributed by atoms with Gasteiger partial charge < -0.3 is 14.3 Å². The molecule has 0 aliphatic heterocycles. The molecule has 0 saturated heterocycles. The van der Waals surface area contributed by atoms with Crippen molar-refractivity contribution in [3.8, 4) is 0 Å². The molecular formula is C12H16N2OS. The van der Waals surface area contributed by atoms with Crippen molar-refractivity contribution >= 4 is 23.3 Å². The Bertz CT molecular complexity index is 541. The normalized spacial score (nSPS) is 11.1. The summed E-state index contributed by atoms with van der Waals surface area (Å²) in [5, 5.41) is 0. The van der Waals surface area contributed by atoms with Crippen molar-refractivity contribution in [2.45, 2.75) is 19.9 Å². The Balaban J connectivity index is 2.40. The molecule has 0 bridgehead atoms. The van der Waals surface area contributed by atoms with Gasteiger partial charge in [0.2, 0.25) is 0 Å². The third kappa shape index (κ3) is 2.03. The Morgan fingerprint density at radius 2 is 2.25 bits per heavy atom. The summed E-state index contributed by atoms with van der Waals surface area (Å²) < 4.78 is 7.99. The second kappa shape index (κ2) is 4.80. The number of methoxy groups -OCH3 is 1. The highest BCUT2D eigenvalue weighted by Crippen LogP contribution is 2.17. The Kier molecular flexibility index (Phi) is 3.41. The van der Waals surface area contributed by atoms with E-state index in [4.69, 9.17) is 17.0 Å². The Morgan fingerprint density at radius 3 is 3.00 bits per heavy atom. The Labute approximate surface area is 100 Å². The van der Waals surface area contributed by atoms with Crippen LogP contribution in [0.1, 0.15) is 12.0 Å². The molecule has 0 radical (unpaired) electrons. The van der Waals surface area contributed by atoms with Crippen LogP contribution >= 0.6 is 12.2 Å². The molecule has 1 aromatic carbocycles. The van der Waals surface area contributed by atoms with Crippen molar-refractivity contribution in [3.63, 3.8) is 0 Å². The first kappa shape index (κ1) is 11.4. The molecule has 4 heteroatoms. The van der Waals surface area contributed by atoms with Crippen LogP contribution in [-0.4, -0.2) is 23.3 Å². The lowest BCUT2D eigenvalue weighted by Crippen LogP contribution is -2.01. The first-order valence-corrected chi connectivity index (χ1v) is 5.82. The molecule has 0 atom stereocenters. The van der Waals surface area contributed by atoms with E-state index in [-0.39, 0.29) is 0 Å². The maximum absolute atomic E-state index is 5.33. The smallest absolute Gasteiger partial charge is 0.178 e. The molecule has 2 aromatic rings. The number of hydrogen-bond donors (Lipinski definition) is 1. The third-order valence-corrected chi connectivity index (χ3v) is 3.07. The van der Waals surface area contributed by atoms with Gasteiger partial charge in [-0.2, -0.15) is 0 Å². The number of hydrogen-bond acceptors (Lipinski definition) is 2. The maximum Gasteiger partial charge on any atom is 0.178 e. The van der Waals surface area contributed by atoms with Gasteiger partial charge >= 0.3 is 0 Å². The quantitative estimate of drug-likeness (QED) is 0.653. The van der Waals surface area contributed by atoms with Gasteiger partial charge in [0, 0.05) is 20.3 Å². The van der Waals surface area contributed by atoms with E-state index >= 15 is 0 Å². The molecule has 2 rings (SSSR count). The second-order valence-electron chi connectivity index (χ2n) is 3.90. The third-order valence-electron chi connectivity index (χ3n) is 2.75. The summed E-state index contributed by atoms with van der Waals surface area (Å²) in [7, 11) is 1.72. The first-order chi connectivity index (χ1) is 7.74. The van der Waals surface area contributed by atoms with Crippen LogP contribution in [0.3, 0.4) is 0 Å². The fraction of sp³-hybridized carbons (Fsp3) is 0.417. The van der Waals surface area contributed by atoms with Crippen molar-refractivity contribution in [2.75, 3.05) is 13.7 Å². The standard InChI is InChI=1S/C12H16N2OS/c1-9-5-3-6-10-11(9)13-12(16)14(10)7-4-8-15-2/h3,5-6H,4,7-8H2,1-2H3,(H,13,16). The van der Waals surface area contributed by atoms with Gasteiger partial charge in [0.25, 0.3) is 0 Å². The van der Waals surface area contributed by atoms with Crippen molar-refractivity contribution in [1.82, 2.24) is 9.55 Å². The Morgan fingerprint density at radius 1 is 1.44 bits per heavy atom. The number of aryl methyl sites for hydroxylation is 2. The summed E-state index contributed by atoms with van der Waals surface area (Å²) >= 11 is 5.33. The molecule has 0 spiro atoms. The summed E-state index contributed by atoms with van der Waals surface area (Å²) in [5.74, 6) is 0. The predicted molar refractivity (Wildman–Crippen MR) is 68.4 cm³/mol. The van der Waals surface area contributed by atoms with E-state index in [0.29, 0.717) is 0 Å². The van der Waals surface area contributed by atoms with Gasteiger partial charge in [0.1, 0.15) is 0 Å². The molecule has 16 heavy (non-hydrogen) atoms. The van der Waals surface area contributed by atoms with Gasteiger partial charge in [0.15, 0.2) is 4.77 Å². The summed E-state index contributed by atoms with van der Waals surface area (Å²) in [4.78, 5) is 3.26. The summed E-state index contributed by atoms with van der Waals surface area (Å²) in [6.07, 6.45) is 0.978. The van der Waals surface area contributed by atoms with Crippen LogP contribution in [-0.2, 0) is 11.3 Å². The maximum atomic E-state index is 5.33. The van der Waals surface area contributed by atoms with E-state index in [2.05, 4.69) is 34.7 Å². The molecule has 1 aromatic heterocycles. The average molecular weight is 236 g/mol. The van der Waals surface area contributed by atoms with Crippen LogP contribution in [0.5, 0.6) is 0 Å². The number of aromatic nitrogens is 2. The molecule has 1 heterocycles. The number of imidazole rings is 1. The number of rotatable bonds is 4. The van der Waals surface area contributed by atoms with Crippen LogP contribution in [0.15, 0.2) is 18.2 Å². The zero-order valence-electron chi connectivity index (χ0n) is 9.62. The fourth-order valence-corrected chi connectivity index (χ4v) is 2.20. The van der Waals surface area contributed by atoms with Gasteiger partial charge in [-0.15, -0.1) is 0 Å². The van der Waals surface area contributed by atoms with Gasteiger partial charge in [-0.25, -0.2) is 0 Å². The minimum Gasteiger partial charge on any atom is -0.385 e. The monoisotopic (exact) mass is 236 g/mol. The van der Waals surface area contributed by atoms with Gasteiger partial charge in [-0.05, 0) is 37.2 Å². The zero-order chi connectivity index (χ0) is 11.5. The number of nitrogens with one attached hydrogen (secondary N) is 1. The van der Waals surface area contributed by atoms with Crippen molar-refractivity contribution in [1.29, 1.82) is 0 Å². The molecule has 0 aliphatic rings. The minimum atomic E-state index is 0.764. The lowest BCUT2D eigenvalue weighted by molar-refractivity contribution is 0.190. The van der Waals surface area contributed by atoms with Gasteiger partial charge in [0.05, 0.1) is 11.0 Å². The molecule has 0 aliphatic carbocycles. The summed E-state index contributed by atoms with van der Waals surface area (Å²) in [6.45, 7) is 3.75. The van der Waals surface area contributed by atoms with E-state index in [1.54, 1.807) is 7.11 Å². The molecule has 0 fully saturated rings. The molecule has 3 nitrogen and oxygen atoms in total.